The van der Waals surface area contributed by atoms with Crippen molar-refractivity contribution in [2.75, 3.05) is 7.11 Å². The predicted molar refractivity (Wildman–Crippen MR) is 112 cm³/mol. The zero-order valence-electron chi connectivity index (χ0n) is 18.4. The molecule has 0 aromatic heterocycles. The Labute approximate surface area is 170 Å². The molecule has 28 heavy (non-hydrogen) atoms. The Hall–Kier alpha value is -1.25. The number of allylic oxidation sites excluding steroid dienone is 2. The van der Waals surface area contributed by atoms with E-state index in [0.717, 1.165) is 30.6 Å². The third-order valence-corrected chi connectivity index (χ3v) is 9.24. The van der Waals surface area contributed by atoms with E-state index in [9.17, 15) is 4.79 Å². The van der Waals surface area contributed by atoms with Gasteiger partial charge in [0.2, 0.25) is 0 Å². The number of ether oxygens (including phenoxy) is 2. The van der Waals surface area contributed by atoms with E-state index in [1.165, 1.54) is 51.0 Å². The second-order valence-corrected chi connectivity index (χ2v) is 10.5. The monoisotopic (exact) mass is 386 g/mol. The fourth-order valence-corrected chi connectivity index (χ4v) is 7.98. The van der Waals surface area contributed by atoms with Gasteiger partial charge in [0.25, 0.3) is 0 Å². The number of rotatable bonds is 3. The third kappa shape index (κ3) is 3.04. The van der Waals surface area contributed by atoms with Gasteiger partial charge in [-0.3, -0.25) is 4.79 Å². The highest BCUT2D eigenvalue weighted by molar-refractivity contribution is 5.66. The molecule has 3 nitrogen and oxygen atoms in total. The van der Waals surface area contributed by atoms with Gasteiger partial charge < -0.3 is 9.47 Å². The standard InChI is InChI=1S/C25H38O3/c1-16(15-27-5)21-8-9-22-20-7-6-18-14-19(28-17(2)26)10-12-24(18,3)23(20)11-13-25(21,22)4/h6,15,19-23H,7-14H2,1-5H3. The molecule has 4 rings (SSSR count). The minimum absolute atomic E-state index is 0.0972. The quantitative estimate of drug-likeness (QED) is 0.337. The first-order valence-corrected chi connectivity index (χ1v) is 11.4. The van der Waals surface area contributed by atoms with E-state index >= 15 is 0 Å². The molecule has 3 heteroatoms. The van der Waals surface area contributed by atoms with Crippen molar-refractivity contribution in [2.24, 2.45) is 34.5 Å². The lowest BCUT2D eigenvalue weighted by atomic mass is 9.47. The van der Waals surface area contributed by atoms with Gasteiger partial charge in [-0.2, -0.15) is 0 Å². The lowest BCUT2D eigenvalue weighted by molar-refractivity contribution is -0.148. The number of methoxy groups -OCH3 is 1. The molecule has 0 saturated heterocycles. The molecule has 4 aliphatic carbocycles. The van der Waals surface area contributed by atoms with Gasteiger partial charge in [-0.1, -0.05) is 25.5 Å². The second-order valence-electron chi connectivity index (χ2n) is 10.5. The van der Waals surface area contributed by atoms with Crippen LogP contribution < -0.4 is 0 Å². The van der Waals surface area contributed by atoms with Crippen molar-refractivity contribution in [2.45, 2.75) is 85.2 Å². The van der Waals surface area contributed by atoms with E-state index in [-0.39, 0.29) is 12.1 Å². The Morgan fingerprint density at radius 1 is 1.11 bits per heavy atom. The number of esters is 1. The summed E-state index contributed by atoms with van der Waals surface area (Å²) in [6.45, 7) is 8.89. The highest BCUT2D eigenvalue weighted by atomic mass is 16.5. The van der Waals surface area contributed by atoms with Crippen molar-refractivity contribution in [3.63, 3.8) is 0 Å². The van der Waals surface area contributed by atoms with Crippen molar-refractivity contribution in [3.8, 4) is 0 Å². The van der Waals surface area contributed by atoms with Gasteiger partial charge in [0.1, 0.15) is 6.10 Å². The average molecular weight is 387 g/mol. The van der Waals surface area contributed by atoms with Crippen LogP contribution in [0.25, 0.3) is 0 Å². The highest BCUT2D eigenvalue weighted by Gasteiger charge is 2.58. The molecule has 0 radical (unpaired) electrons. The van der Waals surface area contributed by atoms with Gasteiger partial charge in [0.05, 0.1) is 13.4 Å². The molecule has 7 atom stereocenters. The van der Waals surface area contributed by atoms with E-state index in [1.807, 2.05) is 6.26 Å². The van der Waals surface area contributed by atoms with Crippen LogP contribution in [0.5, 0.6) is 0 Å². The molecular weight excluding hydrogens is 348 g/mol. The fraction of sp³-hybridized carbons (Fsp3) is 0.800. The maximum absolute atomic E-state index is 11.4. The summed E-state index contributed by atoms with van der Waals surface area (Å²) in [6.07, 6.45) is 14.4. The Bertz CT molecular complexity index is 692. The number of carbonyl (C=O) groups is 1. The van der Waals surface area contributed by atoms with Gasteiger partial charge in [-0.15, -0.1) is 0 Å². The van der Waals surface area contributed by atoms with Gasteiger partial charge >= 0.3 is 5.97 Å². The molecule has 0 N–H and O–H groups in total. The van der Waals surface area contributed by atoms with Crippen LogP contribution in [0.1, 0.15) is 79.1 Å². The Balaban J connectivity index is 1.57. The topological polar surface area (TPSA) is 35.5 Å². The molecule has 3 saturated carbocycles. The van der Waals surface area contributed by atoms with E-state index in [2.05, 4.69) is 26.8 Å². The normalized spacial score (nSPS) is 45.4. The first kappa shape index (κ1) is 20.0. The summed E-state index contributed by atoms with van der Waals surface area (Å²) < 4.78 is 10.9. The summed E-state index contributed by atoms with van der Waals surface area (Å²) in [7, 11) is 1.77. The van der Waals surface area contributed by atoms with Gasteiger partial charge in [0, 0.05) is 13.3 Å². The Morgan fingerprint density at radius 3 is 2.61 bits per heavy atom. The molecule has 0 bridgehead atoms. The number of hydrogen-bond donors (Lipinski definition) is 0. The van der Waals surface area contributed by atoms with E-state index in [4.69, 9.17) is 9.47 Å². The van der Waals surface area contributed by atoms with Crippen LogP contribution in [0.2, 0.25) is 0 Å². The van der Waals surface area contributed by atoms with Gasteiger partial charge in [-0.25, -0.2) is 0 Å². The first-order valence-electron chi connectivity index (χ1n) is 11.4. The van der Waals surface area contributed by atoms with Crippen LogP contribution in [0.3, 0.4) is 0 Å². The predicted octanol–water partition coefficient (Wildman–Crippen LogP) is 6.05. The van der Waals surface area contributed by atoms with Crippen molar-refractivity contribution >= 4 is 5.97 Å². The molecule has 3 fully saturated rings. The van der Waals surface area contributed by atoms with Gasteiger partial charge in [-0.05, 0) is 91.9 Å². The lowest BCUT2D eigenvalue weighted by Gasteiger charge is -2.58. The van der Waals surface area contributed by atoms with Crippen molar-refractivity contribution in [1.82, 2.24) is 0 Å². The Morgan fingerprint density at radius 2 is 1.89 bits per heavy atom. The van der Waals surface area contributed by atoms with Crippen LogP contribution in [-0.4, -0.2) is 19.2 Å². The third-order valence-electron chi connectivity index (χ3n) is 9.24. The van der Waals surface area contributed by atoms with Gasteiger partial charge in [0.15, 0.2) is 0 Å². The van der Waals surface area contributed by atoms with Crippen LogP contribution >= 0.6 is 0 Å². The van der Waals surface area contributed by atoms with E-state index in [0.29, 0.717) is 16.7 Å². The molecule has 0 heterocycles. The number of hydrogen-bond acceptors (Lipinski definition) is 3. The SMILES string of the molecule is COC=C(C)C1CCC2C3CC=C4CC(OC(C)=O)CCC4(C)C3CCC12C. The average Bonchev–Trinajstić information content (AvgIpc) is 2.99. The molecule has 156 valence electrons. The highest BCUT2D eigenvalue weighted by Crippen LogP contribution is 2.67. The maximum Gasteiger partial charge on any atom is 0.302 e. The zero-order valence-corrected chi connectivity index (χ0v) is 18.4. The molecule has 0 amide bonds. The zero-order chi connectivity index (χ0) is 20.1. The lowest BCUT2D eigenvalue weighted by Crippen LogP contribution is -2.50. The maximum atomic E-state index is 11.4. The molecule has 0 aliphatic heterocycles. The van der Waals surface area contributed by atoms with Crippen molar-refractivity contribution < 1.29 is 14.3 Å². The molecule has 0 aromatic carbocycles. The molecule has 4 aliphatic rings. The molecule has 0 spiro atoms. The molecule has 7 unspecified atom stereocenters. The second kappa shape index (κ2) is 7.22. The smallest absolute Gasteiger partial charge is 0.302 e. The Kier molecular flexibility index (Phi) is 5.17. The van der Waals surface area contributed by atoms with Crippen LogP contribution in [0.15, 0.2) is 23.5 Å². The van der Waals surface area contributed by atoms with Crippen LogP contribution in [0, 0.1) is 34.5 Å². The van der Waals surface area contributed by atoms with E-state index in [1.54, 1.807) is 12.7 Å². The summed E-state index contributed by atoms with van der Waals surface area (Å²) in [6, 6.07) is 0. The van der Waals surface area contributed by atoms with Crippen molar-refractivity contribution in [3.05, 3.63) is 23.5 Å². The summed E-state index contributed by atoms with van der Waals surface area (Å²) in [5.74, 6) is 2.99. The summed E-state index contributed by atoms with van der Waals surface area (Å²) in [5.41, 5.74) is 3.76. The summed E-state index contributed by atoms with van der Waals surface area (Å²) in [4.78, 5) is 11.4. The molecule has 0 aromatic rings. The summed E-state index contributed by atoms with van der Waals surface area (Å²) >= 11 is 0. The molecular formula is C25H38O3. The first-order chi connectivity index (χ1) is 13.3. The summed E-state index contributed by atoms with van der Waals surface area (Å²) in [5, 5.41) is 0. The fourth-order valence-electron chi connectivity index (χ4n) is 7.98. The van der Waals surface area contributed by atoms with Crippen molar-refractivity contribution in [1.29, 1.82) is 0 Å². The minimum atomic E-state index is -0.132. The largest absolute Gasteiger partial charge is 0.504 e. The van der Waals surface area contributed by atoms with Crippen LogP contribution in [0.4, 0.5) is 0 Å². The van der Waals surface area contributed by atoms with Crippen LogP contribution in [-0.2, 0) is 14.3 Å². The number of fused-ring (bicyclic) bond motifs is 5. The van der Waals surface area contributed by atoms with E-state index < -0.39 is 0 Å². The minimum Gasteiger partial charge on any atom is -0.504 e. The number of carbonyl (C=O) groups excluding carboxylic acids is 1.